The number of aromatic nitrogens is 1. The highest BCUT2D eigenvalue weighted by Crippen LogP contribution is 2.15. The smallest absolute Gasteiger partial charge is 0.277 e. The summed E-state index contributed by atoms with van der Waals surface area (Å²) in [5, 5.41) is 5.60. The lowest BCUT2D eigenvalue weighted by Gasteiger charge is -2.25. The maximum absolute atomic E-state index is 12.1. The summed E-state index contributed by atoms with van der Waals surface area (Å²) in [6.45, 7) is 2.51. The maximum Gasteiger partial charge on any atom is 0.277 e. The van der Waals surface area contributed by atoms with E-state index in [0.29, 0.717) is 23.8 Å². The molecule has 0 saturated carbocycles. The average Bonchev–Trinajstić information content (AvgIpc) is 3.13. The minimum atomic E-state index is -0.379. The lowest BCUT2D eigenvalue weighted by molar-refractivity contribution is -0.117. The number of nitrogens with two attached hydrogens (primary N) is 1. The molecule has 2 aromatic rings. The van der Waals surface area contributed by atoms with E-state index in [1.807, 2.05) is 0 Å². The third-order valence-electron chi connectivity index (χ3n) is 4.20. The third-order valence-corrected chi connectivity index (χ3v) is 4.20. The molecular formula is C18H25Cl2N5O3. The zero-order valence-electron chi connectivity index (χ0n) is 15.3. The highest BCUT2D eigenvalue weighted by Gasteiger charge is 2.14. The molecule has 10 heteroatoms. The van der Waals surface area contributed by atoms with E-state index in [9.17, 15) is 9.59 Å². The van der Waals surface area contributed by atoms with Gasteiger partial charge in [0.2, 0.25) is 11.8 Å². The molecule has 1 aliphatic heterocycles. The lowest BCUT2D eigenvalue weighted by Crippen LogP contribution is -2.36. The summed E-state index contributed by atoms with van der Waals surface area (Å²) < 4.78 is 5.05. The Kier molecular flexibility index (Phi) is 9.95. The number of hydrogen-bond donors (Lipinski definition) is 3. The molecule has 1 fully saturated rings. The monoisotopic (exact) mass is 429 g/mol. The van der Waals surface area contributed by atoms with Crippen LogP contribution in [0.3, 0.4) is 0 Å². The Morgan fingerprint density at radius 3 is 2.21 bits per heavy atom. The number of nitrogens with zero attached hydrogens (tertiary/aromatic N) is 2. The Labute approximate surface area is 176 Å². The van der Waals surface area contributed by atoms with Crippen molar-refractivity contribution in [2.75, 3.05) is 30.3 Å². The van der Waals surface area contributed by atoms with Crippen LogP contribution in [0.4, 0.5) is 11.4 Å². The Morgan fingerprint density at radius 2 is 1.64 bits per heavy atom. The quantitative estimate of drug-likeness (QED) is 0.650. The van der Waals surface area contributed by atoms with Gasteiger partial charge in [-0.1, -0.05) is 6.42 Å². The molecule has 0 atom stereocenters. The zero-order chi connectivity index (χ0) is 18.4. The molecular weight excluding hydrogens is 405 g/mol. The topological polar surface area (TPSA) is 113 Å². The number of halogens is 2. The summed E-state index contributed by atoms with van der Waals surface area (Å²) in [6, 6.07) is 6.94. The molecule has 8 nitrogen and oxygen atoms in total. The molecule has 0 radical (unpaired) electrons. The Bertz CT molecular complexity index is 761. The first-order chi connectivity index (χ1) is 12.6. The van der Waals surface area contributed by atoms with Crippen molar-refractivity contribution in [1.29, 1.82) is 0 Å². The number of oxazole rings is 1. The van der Waals surface area contributed by atoms with Crippen molar-refractivity contribution in [2.24, 2.45) is 5.73 Å². The number of benzene rings is 1. The van der Waals surface area contributed by atoms with Crippen LogP contribution in [-0.2, 0) is 11.3 Å². The zero-order valence-corrected chi connectivity index (χ0v) is 17.0. The van der Waals surface area contributed by atoms with Gasteiger partial charge in [-0.15, -0.1) is 24.8 Å². The molecule has 4 N–H and O–H groups in total. The Hall–Kier alpha value is -2.13. The summed E-state index contributed by atoms with van der Waals surface area (Å²) in [4.78, 5) is 30.3. The standard InChI is InChI=1S/C18H23N5O3.2ClH/c19-10-17-22-15(12-26-17)18(25)21-14-6-4-13(5-7-14)20-16(24)11-23-8-2-1-3-9-23;;/h4-7,12H,1-3,8-11,19H2,(H,20,24)(H,21,25);2*1H. The molecule has 3 rings (SSSR count). The largest absolute Gasteiger partial charge is 0.447 e. The molecule has 28 heavy (non-hydrogen) atoms. The molecule has 1 aromatic heterocycles. The van der Waals surface area contributed by atoms with E-state index < -0.39 is 0 Å². The van der Waals surface area contributed by atoms with Gasteiger partial charge in [-0.2, -0.15) is 0 Å². The molecule has 1 saturated heterocycles. The van der Waals surface area contributed by atoms with E-state index in [2.05, 4.69) is 20.5 Å². The summed E-state index contributed by atoms with van der Waals surface area (Å²) in [5.74, 6) is -0.0992. The molecule has 2 amide bonds. The first-order valence-corrected chi connectivity index (χ1v) is 8.72. The number of nitrogens with one attached hydrogen (secondary N) is 2. The predicted octanol–water partition coefficient (Wildman–Crippen LogP) is 2.65. The van der Waals surface area contributed by atoms with Crippen LogP contribution in [0.5, 0.6) is 0 Å². The van der Waals surface area contributed by atoms with Gasteiger partial charge >= 0.3 is 0 Å². The summed E-state index contributed by atoms with van der Waals surface area (Å²) in [7, 11) is 0. The van der Waals surface area contributed by atoms with E-state index in [-0.39, 0.29) is 48.9 Å². The van der Waals surface area contributed by atoms with Gasteiger partial charge in [0.05, 0.1) is 13.1 Å². The normalized spacial score (nSPS) is 13.8. The number of rotatable bonds is 6. The van der Waals surface area contributed by atoms with E-state index in [1.165, 1.54) is 12.7 Å². The van der Waals surface area contributed by atoms with Gasteiger partial charge in [-0.25, -0.2) is 4.98 Å². The van der Waals surface area contributed by atoms with Crippen molar-refractivity contribution in [3.63, 3.8) is 0 Å². The minimum Gasteiger partial charge on any atom is -0.447 e. The fourth-order valence-corrected chi connectivity index (χ4v) is 2.86. The van der Waals surface area contributed by atoms with Crippen LogP contribution in [0.1, 0.15) is 35.6 Å². The Morgan fingerprint density at radius 1 is 1.04 bits per heavy atom. The van der Waals surface area contributed by atoms with Gasteiger partial charge in [-0.3, -0.25) is 14.5 Å². The van der Waals surface area contributed by atoms with Crippen molar-refractivity contribution >= 4 is 48.0 Å². The van der Waals surface area contributed by atoms with Crippen LogP contribution in [0, 0.1) is 0 Å². The lowest BCUT2D eigenvalue weighted by atomic mass is 10.1. The van der Waals surface area contributed by atoms with Crippen LogP contribution < -0.4 is 16.4 Å². The molecule has 1 aliphatic rings. The number of hydrogen-bond acceptors (Lipinski definition) is 6. The van der Waals surface area contributed by atoms with Crippen LogP contribution in [0.2, 0.25) is 0 Å². The number of carbonyl (C=O) groups excluding carboxylic acids is 2. The van der Waals surface area contributed by atoms with E-state index >= 15 is 0 Å². The fourth-order valence-electron chi connectivity index (χ4n) is 2.86. The van der Waals surface area contributed by atoms with Crippen LogP contribution >= 0.6 is 24.8 Å². The fraction of sp³-hybridized carbons (Fsp3) is 0.389. The van der Waals surface area contributed by atoms with Gasteiger partial charge in [-0.05, 0) is 50.2 Å². The van der Waals surface area contributed by atoms with E-state index in [1.54, 1.807) is 24.3 Å². The molecule has 0 bridgehead atoms. The van der Waals surface area contributed by atoms with E-state index in [0.717, 1.165) is 25.9 Å². The number of carbonyl (C=O) groups is 2. The third kappa shape index (κ3) is 6.79. The minimum absolute atomic E-state index is 0. The van der Waals surface area contributed by atoms with Gasteiger partial charge in [0.15, 0.2) is 5.69 Å². The highest BCUT2D eigenvalue weighted by atomic mass is 35.5. The second kappa shape index (κ2) is 11.7. The summed E-state index contributed by atoms with van der Waals surface area (Å²) in [6.07, 6.45) is 4.82. The summed E-state index contributed by atoms with van der Waals surface area (Å²) in [5.41, 5.74) is 6.87. The van der Waals surface area contributed by atoms with Crippen LogP contribution in [0.15, 0.2) is 34.9 Å². The van der Waals surface area contributed by atoms with Crippen LogP contribution in [0.25, 0.3) is 0 Å². The molecule has 1 aromatic carbocycles. The maximum atomic E-state index is 12.1. The molecule has 0 unspecified atom stereocenters. The highest BCUT2D eigenvalue weighted by molar-refractivity contribution is 6.02. The van der Waals surface area contributed by atoms with Crippen molar-refractivity contribution in [1.82, 2.24) is 9.88 Å². The van der Waals surface area contributed by atoms with Crippen molar-refractivity contribution < 1.29 is 14.0 Å². The molecule has 0 aliphatic carbocycles. The van der Waals surface area contributed by atoms with Crippen molar-refractivity contribution in [3.05, 3.63) is 42.1 Å². The van der Waals surface area contributed by atoms with Gasteiger partial charge in [0.1, 0.15) is 6.26 Å². The van der Waals surface area contributed by atoms with Crippen LogP contribution in [-0.4, -0.2) is 41.3 Å². The van der Waals surface area contributed by atoms with E-state index in [4.69, 9.17) is 10.2 Å². The predicted molar refractivity (Wildman–Crippen MR) is 112 cm³/mol. The second-order valence-electron chi connectivity index (χ2n) is 6.25. The first-order valence-electron chi connectivity index (χ1n) is 8.72. The molecule has 0 spiro atoms. The molecule has 154 valence electrons. The second-order valence-corrected chi connectivity index (χ2v) is 6.25. The Balaban J connectivity index is 0.00000196. The van der Waals surface area contributed by atoms with Crippen molar-refractivity contribution in [3.8, 4) is 0 Å². The number of anilines is 2. The SMILES string of the molecule is Cl.Cl.NCc1nc(C(=O)Nc2ccc(NC(=O)CN3CCCCC3)cc2)co1. The van der Waals surface area contributed by atoms with Crippen molar-refractivity contribution in [2.45, 2.75) is 25.8 Å². The molecule has 2 heterocycles. The number of likely N-dealkylation sites (tertiary alicyclic amines) is 1. The van der Waals surface area contributed by atoms with Gasteiger partial charge < -0.3 is 20.8 Å². The first kappa shape index (κ1) is 23.9. The van der Waals surface area contributed by atoms with Gasteiger partial charge in [0.25, 0.3) is 5.91 Å². The van der Waals surface area contributed by atoms with Gasteiger partial charge in [0, 0.05) is 11.4 Å². The average molecular weight is 430 g/mol. The number of piperidine rings is 1. The number of amides is 2. The summed E-state index contributed by atoms with van der Waals surface area (Å²) >= 11 is 0.